The lowest BCUT2D eigenvalue weighted by molar-refractivity contribution is 0.668. The van der Waals surface area contributed by atoms with Gasteiger partial charge in [0.2, 0.25) is 0 Å². The van der Waals surface area contributed by atoms with E-state index in [-0.39, 0.29) is 0 Å². The zero-order chi connectivity index (χ0) is 38.0. The Bertz CT molecular complexity index is 3270. The van der Waals surface area contributed by atoms with Crippen LogP contribution in [-0.2, 0) is 5.41 Å². The second-order valence-electron chi connectivity index (χ2n) is 15.5. The SMILES string of the molecule is c1ccc(N2c3ccc(-c4cccc5oc6ccccc6c45)cc3C3(c4ccccc4-c4ccccc43)c3cc(-c4cccc5oc6ccccc6c45)ccc32)cc1. The maximum Gasteiger partial charge on any atom is 0.136 e. The van der Waals surface area contributed by atoms with Gasteiger partial charge in [-0.3, -0.25) is 0 Å². The normalized spacial score (nSPS) is 13.6. The summed E-state index contributed by atoms with van der Waals surface area (Å²) < 4.78 is 12.9. The van der Waals surface area contributed by atoms with Gasteiger partial charge in [0.25, 0.3) is 0 Å². The van der Waals surface area contributed by atoms with Crippen molar-refractivity contribution in [1.82, 2.24) is 0 Å². The van der Waals surface area contributed by atoms with Gasteiger partial charge < -0.3 is 13.7 Å². The molecule has 1 aliphatic carbocycles. The van der Waals surface area contributed by atoms with Gasteiger partial charge in [-0.1, -0.05) is 140 Å². The van der Waals surface area contributed by atoms with E-state index in [1.54, 1.807) is 0 Å². The van der Waals surface area contributed by atoms with Gasteiger partial charge in [-0.25, -0.2) is 0 Å². The molecule has 1 aliphatic heterocycles. The van der Waals surface area contributed by atoms with Crippen LogP contribution in [0.3, 0.4) is 0 Å². The van der Waals surface area contributed by atoms with Crippen LogP contribution in [0.25, 0.3) is 77.3 Å². The average molecular weight is 740 g/mol. The van der Waals surface area contributed by atoms with E-state index in [1.165, 1.54) is 33.4 Å². The smallest absolute Gasteiger partial charge is 0.136 e. The molecule has 11 aromatic rings. The van der Waals surface area contributed by atoms with Crippen molar-refractivity contribution < 1.29 is 8.83 Å². The van der Waals surface area contributed by atoms with Crippen molar-refractivity contribution in [3.05, 3.63) is 222 Å². The number of rotatable bonds is 3. The number of hydrogen-bond acceptors (Lipinski definition) is 3. The molecular weight excluding hydrogens is 707 g/mol. The molecule has 1 spiro atoms. The molecule has 0 saturated heterocycles. The van der Waals surface area contributed by atoms with Crippen LogP contribution in [0.15, 0.2) is 209 Å². The third-order valence-corrected chi connectivity index (χ3v) is 12.7. The van der Waals surface area contributed by atoms with Crippen LogP contribution in [0.1, 0.15) is 22.3 Å². The van der Waals surface area contributed by atoms with Gasteiger partial charge >= 0.3 is 0 Å². The molecular formula is C55H33NO2. The molecule has 0 fully saturated rings. The van der Waals surface area contributed by atoms with Gasteiger partial charge in [0, 0.05) is 27.2 Å². The van der Waals surface area contributed by atoms with Gasteiger partial charge in [0.1, 0.15) is 22.3 Å². The first kappa shape index (κ1) is 31.6. The molecule has 9 aromatic carbocycles. The first-order chi connectivity index (χ1) is 28.8. The summed E-state index contributed by atoms with van der Waals surface area (Å²) in [4.78, 5) is 2.47. The zero-order valence-corrected chi connectivity index (χ0v) is 31.3. The van der Waals surface area contributed by atoms with E-state index in [0.717, 1.165) is 83.2 Å². The largest absolute Gasteiger partial charge is 0.456 e. The highest BCUT2D eigenvalue weighted by Gasteiger charge is 2.52. The Morgan fingerprint density at radius 3 is 1.29 bits per heavy atom. The Hall–Kier alpha value is -7.62. The predicted octanol–water partition coefficient (Wildman–Crippen LogP) is 15.0. The van der Waals surface area contributed by atoms with Crippen molar-refractivity contribution >= 4 is 60.9 Å². The molecule has 0 atom stereocenters. The van der Waals surface area contributed by atoms with Crippen LogP contribution in [0.2, 0.25) is 0 Å². The summed E-state index contributed by atoms with van der Waals surface area (Å²) in [5.41, 5.74) is 18.6. The molecule has 2 aliphatic rings. The highest BCUT2D eigenvalue weighted by Crippen LogP contribution is 2.64. The highest BCUT2D eigenvalue weighted by atomic mass is 16.3. The number of anilines is 3. The van der Waals surface area contributed by atoms with Crippen molar-refractivity contribution in [3.8, 4) is 33.4 Å². The minimum atomic E-state index is -0.631. The molecule has 0 unspecified atom stereocenters. The summed E-state index contributed by atoms with van der Waals surface area (Å²) in [6.07, 6.45) is 0. The van der Waals surface area contributed by atoms with E-state index in [4.69, 9.17) is 8.83 Å². The van der Waals surface area contributed by atoms with Crippen molar-refractivity contribution in [2.75, 3.05) is 4.90 Å². The first-order valence-electron chi connectivity index (χ1n) is 19.9. The monoisotopic (exact) mass is 739 g/mol. The minimum Gasteiger partial charge on any atom is -0.456 e. The van der Waals surface area contributed by atoms with Crippen molar-refractivity contribution in [2.45, 2.75) is 5.41 Å². The molecule has 58 heavy (non-hydrogen) atoms. The van der Waals surface area contributed by atoms with Gasteiger partial charge in [-0.2, -0.15) is 0 Å². The van der Waals surface area contributed by atoms with E-state index >= 15 is 0 Å². The Labute approximate surface area is 334 Å². The Balaban J connectivity index is 1.17. The van der Waals surface area contributed by atoms with Crippen LogP contribution >= 0.6 is 0 Å². The fourth-order valence-corrected chi connectivity index (χ4v) is 10.4. The lowest BCUT2D eigenvalue weighted by Gasteiger charge is -2.45. The number of para-hydroxylation sites is 3. The summed E-state index contributed by atoms with van der Waals surface area (Å²) in [6.45, 7) is 0. The van der Waals surface area contributed by atoms with Gasteiger partial charge in [-0.05, 0) is 116 Å². The second kappa shape index (κ2) is 11.7. The number of furan rings is 2. The fourth-order valence-electron chi connectivity index (χ4n) is 10.4. The molecule has 0 radical (unpaired) electrons. The van der Waals surface area contributed by atoms with Crippen LogP contribution < -0.4 is 4.90 Å². The molecule has 3 heteroatoms. The Kier molecular flexibility index (Phi) is 6.37. The molecule has 13 rings (SSSR count). The number of hydrogen-bond donors (Lipinski definition) is 0. The van der Waals surface area contributed by atoms with Crippen LogP contribution in [0.5, 0.6) is 0 Å². The van der Waals surface area contributed by atoms with E-state index in [1.807, 2.05) is 12.1 Å². The Morgan fingerprint density at radius 1 is 0.328 bits per heavy atom. The molecule has 0 saturated carbocycles. The van der Waals surface area contributed by atoms with E-state index < -0.39 is 5.41 Å². The number of fused-ring (bicyclic) bond motifs is 15. The predicted molar refractivity (Wildman–Crippen MR) is 237 cm³/mol. The molecule has 2 aromatic heterocycles. The van der Waals surface area contributed by atoms with Gasteiger partial charge in [0.05, 0.1) is 16.8 Å². The van der Waals surface area contributed by atoms with Gasteiger partial charge in [-0.15, -0.1) is 0 Å². The second-order valence-corrected chi connectivity index (χ2v) is 15.5. The van der Waals surface area contributed by atoms with Crippen molar-refractivity contribution in [3.63, 3.8) is 0 Å². The first-order valence-corrected chi connectivity index (χ1v) is 19.9. The quantitative estimate of drug-likeness (QED) is 0.181. The van der Waals surface area contributed by atoms with Crippen molar-refractivity contribution in [1.29, 1.82) is 0 Å². The molecule has 3 nitrogen and oxygen atoms in total. The molecule has 3 heterocycles. The summed E-state index contributed by atoms with van der Waals surface area (Å²) >= 11 is 0. The molecule has 0 N–H and O–H groups in total. The standard InChI is InChI=1S/C55H33NO2/c1-2-14-36(15-3-1)56-47-30-28-34(37-20-12-26-51-53(37)41-18-6-10-24-49(41)57-51)32-45(47)55(43-22-8-4-16-39(43)40-17-5-9-23-44(40)55)46-33-35(29-31-48(46)56)38-21-13-27-52-54(38)42-19-7-11-25-50(42)58-52/h1-33H. The fraction of sp³-hybridized carbons (Fsp3) is 0.0182. The zero-order valence-electron chi connectivity index (χ0n) is 31.3. The van der Waals surface area contributed by atoms with E-state index in [0.29, 0.717) is 0 Å². The lowest BCUT2D eigenvalue weighted by atomic mass is 9.64. The Morgan fingerprint density at radius 2 is 0.759 bits per heavy atom. The van der Waals surface area contributed by atoms with Crippen LogP contribution in [0, 0.1) is 0 Å². The summed E-state index contributed by atoms with van der Waals surface area (Å²) in [6, 6.07) is 72.8. The topological polar surface area (TPSA) is 29.5 Å². The third-order valence-electron chi connectivity index (χ3n) is 12.7. The van der Waals surface area contributed by atoms with Crippen LogP contribution in [-0.4, -0.2) is 0 Å². The van der Waals surface area contributed by atoms with Crippen LogP contribution in [0.4, 0.5) is 17.1 Å². The number of benzene rings is 9. The highest BCUT2D eigenvalue weighted by molar-refractivity contribution is 6.14. The maximum atomic E-state index is 6.43. The minimum absolute atomic E-state index is 0.631. The van der Waals surface area contributed by atoms with Crippen molar-refractivity contribution in [2.24, 2.45) is 0 Å². The third kappa shape index (κ3) is 4.12. The lowest BCUT2D eigenvalue weighted by Crippen LogP contribution is -2.36. The maximum absolute atomic E-state index is 6.43. The molecule has 0 bridgehead atoms. The summed E-state index contributed by atoms with van der Waals surface area (Å²) in [5, 5.41) is 4.52. The van der Waals surface area contributed by atoms with E-state index in [2.05, 4.69) is 193 Å². The average Bonchev–Trinajstić information content (AvgIpc) is 3.96. The summed E-state index contributed by atoms with van der Waals surface area (Å²) in [7, 11) is 0. The van der Waals surface area contributed by atoms with Gasteiger partial charge in [0.15, 0.2) is 0 Å². The molecule has 0 amide bonds. The number of nitrogens with zero attached hydrogens (tertiary/aromatic N) is 1. The van der Waals surface area contributed by atoms with E-state index in [9.17, 15) is 0 Å². The molecule has 270 valence electrons. The summed E-state index contributed by atoms with van der Waals surface area (Å²) in [5.74, 6) is 0.